The average molecular weight is 333 g/mol. The summed E-state index contributed by atoms with van der Waals surface area (Å²) >= 11 is 12.0. The van der Waals surface area contributed by atoms with Crippen LogP contribution >= 0.6 is 23.2 Å². The maximum absolute atomic E-state index is 11.7. The Morgan fingerprint density at radius 2 is 2.10 bits per heavy atom. The Labute approximate surface area is 133 Å². The van der Waals surface area contributed by atoms with Crippen LogP contribution in [0.25, 0.3) is 0 Å². The predicted octanol–water partition coefficient (Wildman–Crippen LogP) is 2.05. The number of aromatic nitrogens is 2. The fraction of sp³-hybridized carbons (Fsp3) is 0.615. The standard InChI is InChI=1S/C13H18Cl2N4O2/c1-2-21-10(20)7-9-11(14)18-13(15)19-12(9)17-8-3-5-16-6-4-8/h8,16H,2-7H2,1H3,(H,17,18,19). The third-order valence-corrected chi connectivity index (χ3v) is 3.72. The molecule has 1 fully saturated rings. The van der Waals surface area contributed by atoms with Gasteiger partial charge >= 0.3 is 5.97 Å². The summed E-state index contributed by atoms with van der Waals surface area (Å²) < 4.78 is 4.95. The van der Waals surface area contributed by atoms with Crippen LogP contribution in [-0.4, -0.2) is 41.7 Å². The molecule has 1 aliphatic heterocycles. The molecular formula is C13H18Cl2N4O2. The number of nitrogens with zero attached hydrogens (tertiary/aromatic N) is 2. The lowest BCUT2D eigenvalue weighted by atomic mass is 10.1. The molecule has 0 saturated carbocycles. The number of piperidine rings is 1. The Balaban J connectivity index is 2.18. The van der Waals surface area contributed by atoms with Crippen LogP contribution in [0.15, 0.2) is 0 Å². The van der Waals surface area contributed by atoms with Crippen molar-refractivity contribution in [3.05, 3.63) is 16.0 Å². The maximum Gasteiger partial charge on any atom is 0.310 e. The molecule has 2 N–H and O–H groups in total. The summed E-state index contributed by atoms with van der Waals surface area (Å²) in [5.74, 6) is 0.152. The number of hydrogen-bond donors (Lipinski definition) is 2. The molecular weight excluding hydrogens is 315 g/mol. The molecule has 21 heavy (non-hydrogen) atoms. The number of carbonyl (C=O) groups excluding carboxylic acids is 1. The van der Waals surface area contributed by atoms with Crippen LogP contribution in [0.1, 0.15) is 25.3 Å². The molecule has 2 rings (SSSR count). The molecule has 1 aromatic rings. The highest BCUT2D eigenvalue weighted by Gasteiger charge is 2.20. The summed E-state index contributed by atoms with van der Waals surface area (Å²) in [4.78, 5) is 19.8. The molecule has 8 heteroatoms. The number of hydrogen-bond acceptors (Lipinski definition) is 6. The lowest BCUT2D eigenvalue weighted by Gasteiger charge is -2.25. The van der Waals surface area contributed by atoms with Crippen molar-refractivity contribution in [2.24, 2.45) is 0 Å². The average Bonchev–Trinajstić information content (AvgIpc) is 2.44. The van der Waals surface area contributed by atoms with E-state index in [-0.39, 0.29) is 28.9 Å². The molecule has 2 heterocycles. The normalized spacial score (nSPS) is 15.8. The van der Waals surface area contributed by atoms with Gasteiger partial charge in [-0.3, -0.25) is 4.79 Å². The second-order valence-corrected chi connectivity index (χ2v) is 5.46. The van der Waals surface area contributed by atoms with Crippen LogP contribution in [0.2, 0.25) is 10.4 Å². The second kappa shape index (κ2) is 7.77. The molecule has 0 amide bonds. The lowest BCUT2D eigenvalue weighted by Crippen LogP contribution is -2.36. The molecule has 0 aromatic carbocycles. The number of carbonyl (C=O) groups is 1. The minimum absolute atomic E-state index is 0.0249. The third kappa shape index (κ3) is 4.69. The fourth-order valence-electron chi connectivity index (χ4n) is 2.22. The van der Waals surface area contributed by atoms with E-state index in [9.17, 15) is 4.79 Å². The summed E-state index contributed by atoms with van der Waals surface area (Å²) in [6.45, 7) is 3.96. The minimum Gasteiger partial charge on any atom is -0.466 e. The number of halogens is 2. The summed E-state index contributed by atoms with van der Waals surface area (Å²) in [5.41, 5.74) is 0.526. The zero-order valence-corrected chi connectivity index (χ0v) is 13.3. The molecule has 0 spiro atoms. The first-order valence-electron chi connectivity index (χ1n) is 6.95. The molecule has 1 aliphatic rings. The van der Waals surface area contributed by atoms with Crippen molar-refractivity contribution in [1.29, 1.82) is 0 Å². The van der Waals surface area contributed by atoms with E-state index in [0.717, 1.165) is 25.9 Å². The Hall–Kier alpha value is -1.11. The summed E-state index contributed by atoms with van der Waals surface area (Å²) in [7, 11) is 0. The van der Waals surface area contributed by atoms with Crippen LogP contribution < -0.4 is 10.6 Å². The highest BCUT2D eigenvalue weighted by atomic mass is 35.5. The topological polar surface area (TPSA) is 76.1 Å². The van der Waals surface area contributed by atoms with E-state index >= 15 is 0 Å². The van der Waals surface area contributed by atoms with E-state index in [4.69, 9.17) is 27.9 Å². The van der Waals surface area contributed by atoms with Crippen molar-refractivity contribution in [2.75, 3.05) is 25.0 Å². The molecule has 0 radical (unpaired) electrons. The van der Waals surface area contributed by atoms with E-state index < -0.39 is 0 Å². The molecule has 0 aliphatic carbocycles. The molecule has 6 nitrogen and oxygen atoms in total. The van der Waals surface area contributed by atoms with E-state index in [2.05, 4.69) is 20.6 Å². The number of ether oxygens (including phenoxy) is 1. The van der Waals surface area contributed by atoms with Crippen LogP contribution in [0.4, 0.5) is 5.82 Å². The highest BCUT2D eigenvalue weighted by molar-refractivity contribution is 6.32. The smallest absolute Gasteiger partial charge is 0.310 e. The van der Waals surface area contributed by atoms with E-state index in [0.29, 0.717) is 18.0 Å². The largest absolute Gasteiger partial charge is 0.466 e. The Bertz CT molecular complexity index is 507. The van der Waals surface area contributed by atoms with Gasteiger partial charge in [-0.2, -0.15) is 0 Å². The number of rotatable bonds is 5. The van der Waals surface area contributed by atoms with Crippen molar-refractivity contribution in [2.45, 2.75) is 32.2 Å². The SMILES string of the molecule is CCOC(=O)Cc1c(Cl)nc(Cl)nc1NC1CCNCC1. The minimum atomic E-state index is -0.362. The zero-order valence-electron chi connectivity index (χ0n) is 11.8. The van der Waals surface area contributed by atoms with Gasteiger partial charge in [0.2, 0.25) is 5.28 Å². The quantitative estimate of drug-likeness (QED) is 0.488. The van der Waals surface area contributed by atoms with Gasteiger partial charge in [0, 0.05) is 11.6 Å². The van der Waals surface area contributed by atoms with Gasteiger partial charge in [0.05, 0.1) is 13.0 Å². The first-order valence-corrected chi connectivity index (χ1v) is 7.70. The molecule has 0 unspecified atom stereocenters. The Kier molecular flexibility index (Phi) is 6.02. The summed E-state index contributed by atoms with van der Waals surface area (Å²) in [6.07, 6.45) is 1.97. The molecule has 116 valence electrons. The van der Waals surface area contributed by atoms with Gasteiger partial charge in [-0.25, -0.2) is 9.97 Å². The fourth-order valence-corrected chi connectivity index (χ4v) is 2.67. The maximum atomic E-state index is 11.7. The number of anilines is 1. The van der Waals surface area contributed by atoms with Crippen LogP contribution in [0, 0.1) is 0 Å². The van der Waals surface area contributed by atoms with Crippen molar-refractivity contribution in [3.8, 4) is 0 Å². The van der Waals surface area contributed by atoms with Gasteiger partial charge in [-0.1, -0.05) is 11.6 Å². The van der Waals surface area contributed by atoms with E-state index in [1.165, 1.54) is 0 Å². The van der Waals surface area contributed by atoms with E-state index in [1.54, 1.807) is 6.92 Å². The highest BCUT2D eigenvalue weighted by Crippen LogP contribution is 2.25. The Morgan fingerprint density at radius 1 is 1.38 bits per heavy atom. The van der Waals surface area contributed by atoms with Crippen molar-refractivity contribution in [1.82, 2.24) is 15.3 Å². The predicted molar refractivity (Wildman–Crippen MR) is 81.9 cm³/mol. The first kappa shape index (κ1) is 16.3. The van der Waals surface area contributed by atoms with Crippen molar-refractivity contribution >= 4 is 35.0 Å². The molecule has 0 bridgehead atoms. The molecule has 1 aromatic heterocycles. The monoisotopic (exact) mass is 332 g/mol. The number of esters is 1. The van der Waals surface area contributed by atoms with Gasteiger partial charge in [0.1, 0.15) is 11.0 Å². The van der Waals surface area contributed by atoms with E-state index in [1.807, 2.05) is 0 Å². The van der Waals surface area contributed by atoms with Crippen LogP contribution in [-0.2, 0) is 16.0 Å². The lowest BCUT2D eigenvalue weighted by molar-refractivity contribution is -0.142. The third-order valence-electron chi connectivity index (χ3n) is 3.24. The van der Waals surface area contributed by atoms with Crippen molar-refractivity contribution in [3.63, 3.8) is 0 Å². The summed E-state index contributed by atoms with van der Waals surface area (Å²) in [6, 6.07) is 0.272. The second-order valence-electron chi connectivity index (χ2n) is 4.76. The van der Waals surface area contributed by atoms with Gasteiger partial charge in [-0.05, 0) is 44.5 Å². The molecule has 1 saturated heterocycles. The molecule has 0 atom stereocenters. The number of nitrogens with one attached hydrogen (secondary N) is 2. The zero-order chi connectivity index (χ0) is 15.2. The van der Waals surface area contributed by atoms with Gasteiger partial charge < -0.3 is 15.4 Å². The van der Waals surface area contributed by atoms with Crippen LogP contribution in [0.5, 0.6) is 0 Å². The first-order chi connectivity index (χ1) is 10.1. The van der Waals surface area contributed by atoms with Gasteiger partial charge in [0.15, 0.2) is 0 Å². The Morgan fingerprint density at radius 3 is 2.76 bits per heavy atom. The van der Waals surface area contributed by atoms with Crippen molar-refractivity contribution < 1.29 is 9.53 Å². The van der Waals surface area contributed by atoms with Gasteiger partial charge in [0.25, 0.3) is 0 Å². The van der Waals surface area contributed by atoms with Crippen LogP contribution in [0.3, 0.4) is 0 Å². The van der Waals surface area contributed by atoms with Gasteiger partial charge in [-0.15, -0.1) is 0 Å². The summed E-state index contributed by atoms with van der Waals surface area (Å²) in [5, 5.41) is 6.84.